The van der Waals surface area contributed by atoms with Gasteiger partial charge in [0.2, 0.25) is 0 Å². The van der Waals surface area contributed by atoms with Crippen LogP contribution in [-0.2, 0) is 9.13 Å². The van der Waals surface area contributed by atoms with Crippen LogP contribution >= 0.6 is 36.1 Å². The van der Waals surface area contributed by atoms with E-state index in [4.69, 9.17) is 22.5 Å². The predicted molar refractivity (Wildman–Crippen MR) is 62.1 cm³/mol. The molecule has 0 saturated carbocycles. The number of rotatable bonds is 4. The Morgan fingerprint density at radius 3 is 1.14 bits per heavy atom. The first-order valence-corrected chi connectivity index (χ1v) is 8.77. The molecule has 0 bridgehead atoms. The van der Waals surface area contributed by atoms with Crippen molar-refractivity contribution in [2.75, 3.05) is 35.2 Å². The first-order valence-electron chi connectivity index (χ1n) is 3.74. The third kappa shape index (κ3) is 2.96. The number of halogens is 2. The van der Waals surface area contributed by atoms with Gasteiger partial charge in [-0.3, -0.25) is 9.13 Å². The summed E-state index contributed by atoms with van der Waals surface area (Å²) < 4.78 is 27.4. The van der Waals surface area contributed by atoms with Crippen LogP contribution in [0.2, 0.25) is 0 Å². The molecular formula is C5H15Cl2N3O2P2. The molecule has 0 fully saturated rings. The van der Waals surface area contributed by atoms with Crippen molar-refractivity contribution in [2.45, 2.75) is 0 Å². The Kier molecular flexibility index (Phi) is 5.15. The fourth-order valence-corrected chi connectivity index (χ4v) is 5.70. The van der Waals surface area contributed by atoms with Crippen LogP contribution in [0.3, 0.4) is 0 Å². The van der Waals surface area contributed by atoms with Crippen molar-refractivity contribution in [1.82, 2.24) is 13.8 Å². The topological polar surface area (TPSA) is 43.9 Å². The molecule has 0 aromatic heterocycles. The molecule has 0 spiro atoms. The van der Waals surface area contributed by atoms with Crippen molar-refractivity contribution in [1.29, 1.82) is 0 Å². The third-order valence-corrected chi connectivity index (χ3v) is 10.4. The van der Waals surface area contributed by atoms with E-state index in [1.54, 1.807) is 0 Å². The molecule has 0 N–H and O–H groups in total. The Balaban J connectivity index is 5.07. The Labute approximate surface area is 94.5 Å². The summed E-state index contributed by atoms with van der Waals surface area (Å²) in [7, 11) is 7.53. The van der Waals surface area contributed by atoms with Gasteiger partial charge in [0.1, 0.15) is 0 Å². The highest BCUT2D eigenvalue weighted by atomic mass is 35.7. The lowest BCUT2D eigenvalue weighted by molar-refractivity contribution is 0.460. The lowest BCUT2D eigenvalue weighted by atomic mass is 11.3. The van der Waals surface area contributed by atoms with Crippen molar-refractivity contribution in [3.8, 4) is 0 Å². The van der Waals surface area contributed by atoms with E-state index in [1.807, 2.05) is 0 Å². The standard InChI is InChI=1S/C5H15Cl2N3O2P2/c1-8(2)13(6,11)10(5)14(7,12)9(3)4/h1-5H3. The zero-order valence-corrected chi connectivity index (χ0v) is 12.1. The lowest BCUT2D eigenvalue weighted by Crippen LogP contribution is -2.22. The molecule has 2 unspecified atom stereocenters. The molecule has 0 aliphatic carbocycles. The van der Waals surface area contributed by atoms with Crippen LogP contribution in [0.5, 0.6) is 0 Å². The minimum absolute atomic E-state index is 1.02. The molecule has 0 aliphatic heterocycles. The van der Waals surface area contributed by atoms with Crippen LogP contribution in [0, 0.1) is 0 Å². The summed E-state index contributed by atoms with van der Waals surface area (Å²) in [5.74, 6) is 0. The second-order valence-electron chi connectivity index (χ2n) is 3.13. The van der Waals surface area contributed by atoms with E-state index in [0.29, 0.717) is 0 Å². The maximum atomic E-state index is 11.9. The van der Waals surface area contributed by atoms with E-state index in [2.05, 4.69) is 0 Å². The maximum absolute atomic E-state index is 11.9. The molecule has 0 aromatic rings. The molecular weight excluding hydrogens is 267 g/mol. The maximum Gasteiger partial charge on any atom is 0.311 e. The summed E-state index contributed by atoms with van der Waals surface area (Å²) in [4.78, 5) is 0. The largest absolute Gasteiger partial charge is 0.311 e. The summed E-state index contributed by atoms with van der Waals surface area (Å²) in [5.41, 5.74) is 0. The van der Waals surface area contributed by atoms with Crippen molar-refractivity contribution in [3.05, 3.63) is 0 Å². The van der Waals surface area contributed by atoms with E-state index >= 15 is 0 Å². The molecule has 0 aromatic carbocycles. The lowest BCUT2D eigenvalue weighted by Gasteiger charge is -2.33. The Hall–Kier alpha value is 0.920. The highest BCUT2D eigenvalue weighted by Gasteiger charge is 2.41. The van der Waals surface area contributed by atoms with Gasteiger partial charge >= 0.3 is 13.6 Å². The van der Waals surface area contributed by atoms with Crippen LogP contribution in [0.25, 0.3) is 0 Å². The fraction of sp³-hybridized carbons (Fsp3) is 1.00. The van der Waals surface area contributed by atoms with Crippen LogP contribution in [0.15, 0.2) is 0 Å². The van der Waals surface area contributed by atoms with Gasteiger partial charge in [0.25, 0.3) is 0 Å². The number of nitrogens with zero attached hydrogens (tertiary/aromatic N) is 3. The van der Waals surface area contributed by atoms with Crippen LogP contribution in [-0.4, -0.2) is 49.0 Å². The highest BCUT2D eigenvalue weighted by Crippen LogP contribution is 2.71. The molecule has 0 rings (SSSR count). The molecule has 9 heteroatoms. The zero-order chi connectivity index (χ0) is 11.7. The van der Waals surface area contributed by atoms with E-state index in [0.717, 1.165) is 4.44 Å². The molecule has 86 valence electrons. The van der Waals surface area contributed by atoms with Crippen molar-refractivity contribution >= 4 is 36.1 Å². The summed E-state index contributed by atoms with van der Waals surface area (Å²) >= 11 is 11.5. The monoisotopic (exact) mass is 281 g/mol. The molecule has 2 atom stereocenters. The van der Waals surface area contributed by atoms with Crippen molar-refractivity contribution in [2.24, 2.45) is 0 Å². The van der Waals surface area contributed by atoms with Gasteiger partial charge in [0.05, 0.1) is 0 Å². The quantitative estimate of drug-likeness (QED) is 0.742. The predicted octanol–water partition coefficient (Wildman–Crippen LogP) is 2.74. The van der Waals surface area contributed by atoms with Crippen LogP contribution in [0.4, 0.5) is 0 Å². The van der Waals surface area contributed by atoms with E-state index in [9.17, 15) is 9.13 Å². The van der Waals surface area contributed by atoms with Crippen LogP contribution < -0.4 is 0 Å². The molecule has 14 heavy (non-hydrogen) atoms. The first-order chi connectivity index (χ1) is 6.04. The summed E-state index contributed by atoms with van der Waals surface area (Å²) in [6, 6.07) is 0. The normalized spacial score (nSPS) is 21.3. The van der Waals surface area contributed by atoms with Crippen molar-refractivity contribution in [3.63, 3.8) is 0 Å². The zero-order valence-electron chi connectivity index (χ0n) is 8.81. The minimum Gasteiger partial charge on any atom is -0.270 e. The molecule has 0 heterocycles. The SMILES string of the molecule is CN(C)P(=O)(Cl)N(C)P(=O)(Cl)N(C)C. The smallest absolute Gasteiger partial charge is 0.270 e. The minimum atomic E-state index is -3.33. The van der Waals surface area contributed by atoms with Gasteiger partial charge < -0.3 is 0 Å². The summed E-state index contributed by atoms with van der Waals surface area (Å²) in [5, 5.41) is 0. The van der Waals surface area contributed by atoms with Crippen LogP contribution in [0.1, 0.15) is 0 Å². The summed E-state index contributed by atoms with van der Waals surface area (Å²) in [6.45, 7) is -6.66. The van der Waals surface area contributed by atoms with Gasteiger partial charge in [0, 0.05) is 7.05 Å². The highest BCUT2D eigenvalue weighted by molar-refractivity contribution is 7.97. The average Bonchev–Trinajstić information content (AvgIpc) is 2.02. The van der Waals surface area contributed by atoms with Gasteiger partial charge in [-0.15, -0.1) is 0 Å². The van der Waals surface area contributed by atoms with Crippen molar-refractivity contribution < 1.29 is 9.13 Å². The van der Waals surface area contributed by atoms with E-state index < -0.39 is 13.6 Å². The molecule has 5 nitrogen and oxygen atoms in total. The Morgan fingerprint density at radius 1 is 0.786 bits per heavy atom. The van der Waals surface area contributed by atoms with Gasteiger partial charge in [-0.1, -0.05) is 0 Å². The van der Waals surface area contributed by atoms with Gasteiger partial charge in [-0.25, -0.2) is 9.34 Å². The number of hydrogen-bond acceptors (Lipinski definition) is 2. The van der Waals surface area contributed by atoms with Gasteiger partial charge in [0.15, 0.2) is 0 Å². The molecule has 0 aliphatic rings. The Bertz CT molecular complexity index is 269. The molecule has 0 amide bonds. The first kappa shape index (κ1) is 14.9. The third-order valence-electron chi connectivity index (χ3n) is 1.70. The second-order valence-corrected chi connectivity index (χ2v) is 10.8. The van der Waals surface area contributed by atoms with E-state index in [-0.39, 0.29) is 0 Å². The Morgan fingerprint density at radius 2 is 1.00 bits per heavy atom. The fourth-order valence-electron chi connectivity index (χ4n) is 0.654. The average molecular weight is 282 g/mol. The van der Waals surface area contributed by atoms with Gasteiger partial charge in [-0.05, 0) is 50.7 Å². The summed E-state index contributed by atoms with van der Waals surface area (Å²) in [6.07, 6.45) is 0. The van der Waals surface area contributed by atoms with E-state index in [1.165, 1.54) is 44.6 Å². The number of hydrogen-bond donors (Lipinski definition) is 0. The molecule has 0 radical (unpaired) electrons. The second kappa shape index (κ2) is 4.84. The van der Waals surface area contributed by atoms with Gasteiger partial charge in [-0.2, -0.15) is 4.44 Å². The molecule has 0 saturated heterocycles.